The normalized spacial score (nSPS) is 11.3. The third-order valence-corrected chi connectivity index (χ3v) is 4.69. The van der Waals surface area contributed by atoms with Crippen LogP contribution in [-0.4, -0.2) is 20.5 Å². The highest BCUT2D eigenvalue weighted by Gasteiger charge is 2.17. The third kappa shape index (κ3) is 3.93. The van der Waals surface area contributed by atoms with E-state index in [1.165, 1.54) is 19.2 Å². The van der Waals surface area contributed by atoms with Gasteiger partial charge in [0.15, 0.2) is 0 Å². The Balaban J connectivity index is 2.19. The summed E-state index contributed by atoms with van der Waals surface area (Å²) in [4.78, 5) is 4.00. The molecule has 2 aromatic rings. The van der Waals surface area contributed by atoms with Gasteiger partial charge in [-0.3, -0.25) is 0 Å². The Morgan fingerprint density at radius 2 is 2.10 bits per heavy atom. The van der Waals surface area contributed by atoms with E-state index < -0.39 is 10.0 Å². The fourth-order valence-electron chi connectivity index (χ4n) is 1.67. The number of methoxy groups -OCH3 is 1. The smallest absolute Gasteiger partial charge is 0.242 e. The first-order valence-electron chi connectivity index (χ1n) is 5.96. The topological polar surface area (TPSA) is 94.3 Å². The van der Waals surface area contributed by atoms with E-state index in [2.05, 4.69) is 25.6 Å². The monoisotopic (exact) mass is 371 g/mol. The standard InChI is InChI=1S/C13H14BrN3O3S/c1-20-13-6-9(4-5-16-13)8-17-21(18,19)12-7-10(14)2-3-11(12)15/h2-7,17H,8,15H2,1H3. The van der Waals surface area contributed by atoms with Crippen LogP contribution >= 0.6 is 15.9 Å². The van der Waals surface area contributed by atoms with E-state index in [9.17, 15) is 8.42 Å². The first-order chi connectivity index (χ1) is 9.92. The number of sulfonamides is 1. The summed E-state index contributed by atoms with van der Waals surface area (Å²) in [6.45, 7) is 0.118. The number of hydrogen-bond donors (Lipinski definition) is 2. The summed E-state index contributed by atoms with van der Waals surface area (Å²) in [5.74, 6) is 0.425. The van der Waals surface area contributed by atoms with Gasteiger partial charge in [0.05, 0.1) is 12.8 Å². The number of rotatable bonds is 5. The van der Waals surface area contributed by atoms with Crippen LogP contribution in [-0.2, 0) is 16.6 Å². The van der Waals surface area contributed by atoms with Gasteiger partial charge >= 0.3 is 0 Å². The van der Waals surface area contributed by atoms with Crippen LogP contribution in [0.3, 0.4) is 0 Å². The van der Waals surface area contributed by atoms with Crippen molar-refractivity contribution in [3.63, 3.8) is 0 Å². The van der Waals surface area contributed by atoms with Gasteiger partial charge in [-0.15, -0.1) is 0 Å². The van der Waals surface area contributed by atoms with Crippen molar-refractivity contribution in [2.45, 2.75) is 11.4 Å². The summed E-state index contributed by atoms with van der Waals surface area (Å²) in [6.07, 6.45) is 1.55. The van der Waals surface area contributed by atoms with Crippen molar-refractivity contribution >= 4 is 31.6 Å². The minimum absolute atomic E-state index is 0.0397. The second-order valence-electron chi connectivity index (χ2n) is 4.21. The van der Waals surface area contributed by atoms with Crippen LogP contribution in [0.5, 0.6) is 5.88 Å². The number of nitrogens with zero attached hydrogens (tertiary/aromatic N) is 1. The Hall–Kier alpha value is -1.64. The van der Waals surface area contributed by atoms with E-state index >= 15 is 0 Å². The maximum atomic E-state index is 12.3. The van der Waals surface area contributed by atoms with Crippen molar-refractivity contribution in [1.82, 2.24) is 9.71 Å². The Labute approximate surface area is 131 Å². The number of anilines is 1. The molecule has 0 aliphatic heterocycles. The SMILES string of the molecule is COc1cc(CNS(=O)(=O)c2cc(Br)ccc2N)ccn1. The van der Waals surface area contributed by atoms with Crippen LogP contribution in [0.4, 0.5) is 5.69 Å². The quantitative estimate of drug-likeness (QED) is 0.782. The maximum absolute atomic E-state index is 12.3. The molecular formula is C13H14BrN3O3S. The number of nitrogens with one attached hydrogen (secondary N) is 1. The van der Waals surface area contributed by atoms with Gasteiger partial charge in [-0.05, 0) is 29.8 Å². The molecule has 1 aromatic heterocycles. The maximum Gasteiger partial charge on any atom is 0.242 e. The molecule has 1 heterocycles. The number of aromatic nitrogens is 1. The molecule has 1 aromatic carbocycles. The molecule has 0 radical (unpaired) electrons. The van der Waals surface area contributed by atoms with Gasteiger partial charge in [0.25, 0.3) is 0 Å². The summed E-state index contributed by atoms with van der Waals surface area (Å²) in [5.41, 5.74) is 6.65. The molecule has 0 saturated heterocycles. The molecule has 0 atom stereocenters. The number of benzene rings is 1. The summed E-state index contributed by atoms with van der Waals surface area (Å²) in [6, 6.07) is 8.04. The van der Waals surface area contributed by atoms with Crippen LogP contribution in [0.15, 0.2) is 45.9 Å². The van der Waals surface area contributed by atoms with Crippen molar-refractivity contribution in [1.29, 1.82) is 0 Å². The third-order valence-electron chi connectivity index (χ3n) is 2.74. The second-order valence-corrected chi connectivity index (χ2v) is 6.86. The van der Waals surface area contributed by atoms with Gasteiger partial charge in [-0.25, -0.2) is 18.1 Å². The molecule has 0 unspecified atom stereocenters. The lowest BCUT2D eigenvalue weighted by molar-refractivity contribution is 0.397. The highest BCUT2D eigenvalue weighted by molar-refractivity contribution is 9.10. The lowest BCUT2D eigenvalue weighted by Crippen LogP contribution is -2.24. The van der Waals surface area contributed by atoms with Crippen molar-refractivity contribution in [3.8, 4) is 5.88 Å². The molecule has 0 saturated carbocycles. The molecule has 0 aliphatic carbocycles. The highest BCUT2D eigenvalue weighted by Crippen LogP contribution is 2.23. The molecule has 2 rings (SSSR count). The van der Waals surface area contributed by atoms with Crippen LogP contribution in [0.25, 0.3) is 0 Å². The van der Waals surface area contributed by atoms with E-state index in [1.807, 2.05) is 0 Å². The Bertz CT molecular complexity index is 750. The average Bonchev–Trinajstić information content (AvgIpc) is 2.48. The Morgan fingerprint density at radius 3 is 2.81 bits per heavy atom. The molecular weight excluding hydrogens is 358 g/mol. The van der Waals surface area contributed by atoms with E-state index in [0.29, 0.717) is 10.4 Å². The van der Waals surface area contributed by atoms with Gasteiger partial charge in [0, 0.05) is 23.3 Å². The van der Waals surface area contributed by atoms with E-state index in [1.54, 1.807) is 24.4 Å². The highest BCUT2D eigenvalue weighted by atomic mass is 79.9. The van der Waals surface area contributed by atoms with Crippen LogP contribution in [0, 0.1) is 0 Å². The lowest BCUT2D eigenvalue weighted by Gasteiger charge is -2.10. The van der Waals surface area contributed by atoms with Crippen LogP contribution in [0.1, 0.15) is 5.56 Å². The number of halogens is 1. The molecule has 0 spiro atoms. The number of hydrogen-bond acceptors (Lipinski definition) is 5. The molecule has 112 valence electrons. The first kappa shape index (κ1) is 15.7. The van der Waals surface area contributed by atoms with E-state index in [4.69, 9.17) is 10.5 Å². The van der Waals surface area contributed by atoms with Crippen LogP contribution < -0.4 is 15.2 Å². The molecule has 0 bridgehead atoms. The molecule has 6 nitrogen and oxygen atoms in total. The summed E-state index contributed by atoms with van der Waals surface area (Å²) in [7, 11) is -2.20. The van der Waals surface area contributed by atoms with Crippen LogP contribution in [0.2, 0.25) is 0 Å². The van der Waals surface area contributed by atoms with Gasteiger partial charge in [0.2, 0.25) is 15.9 Å². The molecule has 0 amide bonds. The predicted molar refractivity (Wildman–Crippen MR) is 83.4 cm³/mol. The average molecular weight is 372 g/mol. The van der Waals surface area contributed by atoms with E-state index in [0.717, 1.165) is 5.56 Å². The van der Waals surface area contributed by atoms with Gasteiger partial charge in [-0.2, -0.15) is 0 Å². The Morgan fingerprint density at radius 1 is 1.33 bits per heavy atom. The minimum Gasteiger partial charge on any atom is -0.481 e. The zero-order valence-corrected chi connectivity index (χ0v) is 13.6. The molecule has 8 heteroatoms. The fourth-order valence-corrected chi connectivity index (χ4v) is 3.35. The zero-order valence-electron chi connectivity index (χ0n) is 11.2. The summed E-state index contributed by atoms with van der Waals surface area (Å²) in [5, 5.41) is 0. The van der Waals surface area contributed by atoms with E-state index in [-0.39, 0.29) is 17.1 Å². The molecule has 21 heavy (non-hydrogen) atoms. The zero-order chi connectivity index (χ0) is 15.5. The number of nitrogen functional groups attached to an aromatic ring is 1. The largest absolute Gasteiger partial charge is 0.481 e. The van der Waals surface area contributed by atoms with Crippen molar-refractivity contribution in [3.05, 3.63) is 46.6 Å². The number of nitrogens with two attached hydrogens (primary N) is 1. The van der Waals surface area contributed by atoms with Crippen molar-refractivity contribution in [2.75, 3.05) is 12.8 Å². The minimum atomic E-state index is -3.70. The summed E-state index contributed by atoms with van der Waals surface area (Å²) >= 11 is 3.23. The first-order valence-corrected chi connectivity index (χ1v) is 8.23. The summed E-state index contributed by atoms with van der Waals surface area (Å²) < 4.78 is 32.7. The second kappa shape index (κ2) is 6.42. The van der Waals surface area contributed by atoms with Gasteiger partial charge in [0.1, 0.15) is 4.90 Å². The Kier molecular flexibility index (Phi) is 4.81. The lowest BCUT2D eigenvalue weighted by atomic mass is 10.3. The molecule has 3 N–H and O–H groups in total. The van der Waals surface area contributed by atoms with Crippen molar-refractivity contribution in [2.24, 2.45) is 0 Å². The molecule has 0 fully saturated rings. The molecule has 0 aliphatic rings. The van der Waals surface area contributed by atoms with Crippen molar-refractivity contribution < 1.29 is 13.2 Å². The number of pyridine rings is 1. The fraction of sp³-hybridized carbons (Fsp3) is 0.154. The number of ether oxygens (including phenoxy) is 1. The van der Waals surface area contributed by atoms with Gasteiger partial charge < -0.3 is 10.5 Å². The van der Waals surface area contributed by atoms with Gasteiger partial charge in [-0.1, -0.05) is 15.9 Å². The predicted octanol–water partition coefficient (Wildman–Crippen LogP) is 1.91.